The number of β-amino-alcohol motifs (C(OH)–C–C–N with tert-alkyl or cyclic N) is 1. The molecular weight excluding hydrogens is 418 g/mol. The molecule has 0 spiro atoms. The molecule has 1 aromatic heterocycles. The van der Waals surface area contributed by atoms with Crippen molar-refractivity contribution in [3.63, 3.8) is 0 Å². The van der Waals surface area contributed by atoms with E-state index in [2.05, 4.69) is 20.5 Å². The number of benzene rings is 2. The van der Waals surface area contributed by atoms with Crippen molar-refractivity contribution in [2.75, 3.05) is 33.4 Å². The zero-order valence-corrected chi connectivity index (χ0v) is 19.4. The van der Waals surface area contributed by atoms with Gasteiger partial charge in [-0.1, -0.05) is 24.3 Å². The summed E-state index contributed by atoms with van der Waals surface area (Å²) >= 11 is 0. The normalized spacial score (nSPS) is 18.8. The van der Waals surface area contributed by atoms with Crippen LogP contribution in [0.25, 0.3) is 0 Å². The van der Waals surface area contributed by atoms with Crippen molar-refractivity contribution in [3.8, 4) is 17.2 Å². The monoisotopic (exact) mass is 451 g/mol. The highest BCUT2D eigenvalue weighted by Gasteiger charge is 2.34. The third-order valence-electron chi connectivity index (χ3n) is 6.03. The molecule has 2 heterocycles. The van der Waals surface area contributed by atoms with E-state index in [0.717, 1.165) is 61.1 Å². The van der Waals surface area contributed by atoms with E-state index in [1.165, 1.54) is 0 Å². The maximum Gasteiger partial charge on any atom is 0.161 e. The van der Waals surface area contributed by atoms with E-state index in [1.54, 1.807) is 13.3 Å². The van der Waals surface area contributed by atoms with Crippen LogP contribution in [-0.4, -0.2) is 58.6 Å². The molecule has 7 heteroatoms. The van der Waals surface area contributed by atoms with Crippen molar-refractivity contribution in [1.82, 2.24) is 14.5 Å². The van der Waals surface area contributed by atoms with E-state index < -0.39 is 5.60 Å². The summed E-state index contributed by atoms with van der Waals surface area (Å²) in [6, 6.07) is 15.7. The first-order valence-corrected chi connectivity index (χ1v) is 11.4. The molecule has 1 unspecified atom stereocenters. The number of aromatic nitrogens is 2. The number of ether oxygens (including phenoxy) is 3. The highest BCUT2D eigenvalue weighted by Crippen LogP contribution is 2.30. The van der Waals surface area contributed by atoms with Crippen LogP contribution in [0.4, 0.5) is 0 Å². The topological polar surface area (TPSA) is 69.0 Å². The second-order valence-corrected chi connectivity index (χ2v) is 8.64. The van der Waals surface area contributed by atoms with Crippen LogP contribution in [0.2, 0.25) is 0 Å². The Bertz CT molecular complexity index is 1020. The molecule has 0 radical (unpaired) electrons. The molecule has 0 amide bonds. The maximum absolute atomic E-state index is 11.1. The number of nitrogens with zero attached hydrogens (tertiary/aromatic N) is 3. The number of aryl methyl sites for hydroxylation is 1. The number of imidazole rings is 1. The number of likely N-dealkylation sites (tertiary alicyclic amines) is 1. The molecule has 4 rings (SSSR count). The summed E-state index contributed by atoms with van der Waals surface area (Å²) in [6.45, 7) is 5.79. The standard InChI is InChI=1S/C26H33N3O4/c1-21-27-12-14-29(21)15-16-32-24-10-9-22(17-25(24)31-2)18-28-13-6-11-26(30,19-28)20-33-23-7-4-3-5-8-23/h3-5,7-10,12,14,17,30H,6,11,13,15-16,18-20H2,1-2H3. The Morgan fingerprint density at radius 3 is 2.70 bits per heavy atom. The van der Waals surface area contributed by atoms with E-state index in [0.29, 0.717) is 19.8 Å². The predicted molar refractivity (Wildman–Crippen MR) is 127 cm³/mol. The lowest BCUT2D eigenvalue weighted by Gasteiger charge is -2.39. The maximum atomic E-state index is 11.1. The summed E-state index contributed by atoms with van der Waals surface area (Å²) in [5.74, 6) is 3.20. The molecule has 1 aliphatic heterocycles. The molecule has 0 bridgehead atoms. The summed E-state index contributed by atoms with van der Waals surface area (Å²) in [5.41, 5.74) is 0.269. The molecule has 0 aliphatic carbocycles. The van der Waals surface area contributed by atoms with E-state index in [9.17, 15) is 5.11 Å². The van der Waals surface area contributed by atoms with Gasteiger partial charge in [-0.2, -0.15) is 0 Å². The lowest BCUT2D eigenvalue weighted by molar-refractivity contribution is -0.0621. The van der Waals surface area contributed by atoms with Gasteiger partial charge in [-0.05, 0) is 56.1 Å². The van der Waals surface area contributed by atoms with Gasteiger partial charge in [0, 0.05) is 25.5 Å². The Morgan fingerprint density at radius 1 is 1.09 bits per heavy atom. The van der Waals surface area contributed by atoms with Crippen molar-refractivity contribution in [3.05, 3.63) is 72.3 Å². The Hall–Kier alpha value is -3.03. The average molecular weight is 452 g/mol. The number of aliphatic hydroxyl groups is 1. The number of rotatable bonds is 10. The third kappa shape index (κ3) is 6.27. The van der Waals surface area contributed by atoms with Gasteiger partial charge in [0.05, 0.1) is 13.7 Å². The van der Waals surface area contributed by atoms with Crippen molar-refractivity contribution >= 4 is 0 Å². The minimum absolute atomic E-state index is 0.292. The molecule has 1 saturated heterocycles. The zero-order valence-electron chi connectivity index (χ0n) is 19.4. The molecule has 7 nitrogen and oxygen atoms in total. The molecule has 0 saturated carbocycles. The number of hydrogen-bond acceptors (Lipinski definition) is 6. The molecular formula is C26H33N3O4. The summed E-state index contributed by atoms with van der Waals surface area (Å²) in [6.07, 6.45) is 5.41. The van der Waals surface area contributed by atoms with E-state index in [1.807, 2.05) is 55.6 Å². The Balaban J connectivity index is 1.32. The fourth-order valence-electron chi connectivity index (χ4n) is 4.28. The second kappa shape index (κ2) is 10.7. The highest BCUT2D eigenvalue weighted by molar-refractivity contribution is 5.43. The van der Waals surface area contributed by atoms with Crippen LogP contribution >= 0.6 is 0 Å². The third-order valence-corrected chi connectivity index (χ3v) is 6.03. The van der Waals surface area contributed by atoms with Gasteiger partial charge in [-0.15, -0.1) is 0 Å². The first-order valence-electron chi connectivity index (χ1n) is 11.4. The number of para-hydroxylation sites is 1. The van der Waals surface area contributed by atoms with Crippen LogP contribution in [0.1, 0.15) is 24.2 Å². The zero-order chi connectivity index (χ0) is 23.1. The molecule has 2 aromatic carbocycles. The minimum Gasteiger partial charge on any atom is -0.493 e. The van der Waals surface area contributed by atoms with Crippen molar-refractivity contribution in [1.29, 1.82) is 0 Å². The summed E-state index contributed by atoms with van der Waals surface area (Å²) in [4.78, 5) is 6.51. The molecule has 1 N–H and O–H groups in total. The SMILES string of the molecule is COc1cc(CN2CCCC(O)(COc3ccccc3)C2)ccc1OCCn1ccnc1C. The van der Waals surface area contributed by atoms with Gasteiger partial charge in [-0.25, -0.2) is 4.98 Å². The van der Waals surface area contributed by atoms with Gasteiger partial charge in [0.2, 0.25) is 0 Å². The predicted octanol–water partition coefficient (Wildman–Crippen LogP) is 3.69. The number of methoxy groups -OCH3 is 1. The van der Waals surface area contributed by atoms with Crippen molar-refractivity contribution in [2.24, 2.45) is 0 Å². The van der Waals surface area contributed by atoms with Gasteiger partial charge >= 0.3 is 0 Å². The Labute approximate surface area is 195 Å². The fraction of sp³-hybridized carbons (Fsp3) is 0.423. The Morgan fingerprint density at radius 2 is 1.94 bits per heavy atom. The molecule has 33 heavy (non-hydrogen) atoms. The van der Waals surface area contributed by atoms with Crippen LogP contribution in [0, 0.1) is 6.92 Å². The van der Waals surface area contributed by atoms with Crippen LogP contribution in [0.3, 0.4) is 0 Å². The van der Waals surface area contributed by atoms with Gasteiger partial charge in [0.25, 0.3) is 0 Å². The lowest BCUT2D eigenvalue weighted by Crippen LogP contribution is -2.51. The van der Waals surface area contributed by atoms with Crippen LogP contribution in [0.5, 0.6) is 17.2 Å². The quantitative estimate of drug-likeness (QED) is 0.507. The van der Waals surface area contributed by atoms with Crippen LogP contribution in [-0.2, 0) is 13.1 Å². The summed E-state index contributed by atoms with van der Waals surface area (Å²) in [5, 5.41) is 11.1. The van der Waals surface area contributed by atoms with Crippen LogP contribution < -0.4 is 14.2 Å². The number of piperidine rings is 1. The van der Waals surface area contributed by atoms with Gasteiger partial charge in [0.1, 0.15) is 30.4 Å². The molecule has 1 fully saturated rings. The molecule has 176 valence electrons. The largest absolute Gasteiger partial charge is 0.493 e. The Kier molecular flexibility index (Phi) is 7.52. The smallest absolute Gasteiger partial charge is 0.161 e. The summed E-state index contributed by atoms with van der Waals surface area (Å²) < 4.78 is 19.5. The lowest BCUT2D eigenvalue weighted by atomic mass is 9.93. The van der Waals surface area contributed by atoms with E-state index in [4.69, 9.17) is 14.2 Å². The number of hydrogen-bond donors (Lipinski definition) is 1. The molecule has 1 atom stereocenters. The van der Waals surface area contributed by atoms with Crippen molar-refractivity contribution < 1.29 is 19.3 Å². The average Bonchev–Trinajstić information content (AvgIpc) is 3.24. The minimum atomic E-state index is -0.854. The fourth-order valence-corrected chi connectivity index (χ4v) is 4.28. The summed E-state index contributed by atoms with van der Waals surface area (Å²) in [7, 11) is 1.66. The van der Waals surface area contributed by atoms with Crippen molar-refractivity contribution in [2.45, 2.75) is 38.5 Å². The highest BCUT2D eigenvalue weighted by atomic mass is 16.5. The van der Waals surface area contributed by atoms with E-state index in [-0.39, 0.29) is 0 Å². The van der Waals surface area contributed by atoms with Gasteiger partial charge in [-0.3, -0.25) is 4.90 Å². The van der Waals surface area contributed by atoms with Gasteiger partial charge < -0.3 is 23.9 Å². The van der Waals surface area contributed by atoms with Gasteiger partial charge in [0.15, 0.2) is 11.5 Å². The molecule has 3 aromatic rings. The van der Waals surface area contributed by atoms with Crippen LogP contribution in [0.15, 0.2) is 60.9 Å². The second-order valence-electron chi connectivity index (χ2n) is 8.64. The molecule has 1 aliphatic rings. The first-order chi connectivity index (χ1) is 16.0. The first kappa shape index (κ1) is 23.1. The van der Waals surface area contributed by atoms with E-state index >= 15 is 0 Å².